The number of nitrogens with zero attached hydrogens (tertiary/aromatic N) is 1. The maximum absolute atomic E-state index is 10.9. The Labute approximate surface area is 92.5 Å². The predicted octanol–water partition coefficient (Wildman–Crippen LogP) is 2.22. The zero-order chi connectivity index (χ0) is 11.6. The Morgan fingerprint density at radius 3 is 2.47 bits per heavy atom. The Hall–Kier alpha value is -0.570. The molecule has 0 aromatic rings. The summed E-state index contributed by atoms with van der Waals surface area (Å²) >= 11 is 0. The second kappa shape index (κ2) is 4.52. The van der Waals surface area contributed by atoms with Gasteiger partial charge in [0.15, 0.2) is 0 Å². The smallest absolute Gasteiger partial charge is 0.308 e. The summed E-state index contributed by atoms with van der Waals surface area (Å²) < 4.78 is 0. The molecule has 1 fully saturated rings. The molecule has 1 heterocycles. The van der Waals surface area contributed by atoms with E-state index >= 15 is 0 Å². The quantitative estimate of drug-likeness (QED) is 0.781. The topological polar surface area (TPSA) is 40.5 Å². The van der Waals surface area contributed by atoms with E-state index in [1.165, 1.54) is 0 Å². The van der Waals surface area contributed by atoms with E-state index in [-0.39, 0.29) is 12.0 Å². The molecule has 1 aliphatic rings. The summed E-state index contributed by atoms with van der Waals surface area (Å²) in [5.74, 6) is -0.800. The van der Waals surface area contributed by atoms with Gasteiger partial charge in [-0.25, -0.2) is 0 Å². The summed E-state index contributed by atoms with van der Waals surface area (Å²) in [4.78, 5) is 13.2. The van der Waals surface area contributed by atoms with Crippen LogP contribution in [0.4, 0.5) is 0 Å². The lowest BCUT2D eigenvalue weighted by atomic mass is 9.92. The molecule has 3 heteroatoms. The van der Waals surface area contributed by atoms with Gasteiger partial charge in [0.2, 0.25) is 0 Å². The van der Waals surface area contributed by atoms with Gasteiger partial charge in [-0.15, -0.1) is 0 Å². The number of hydrogen-bond acceptors (Lipinski definition) is 2. The lowest BCUT2D eigenvalue weighted by Crippen LogP contribution is -2.34. The van der Waals surface area contributed by atoms with Crippen molar-refractivity contribution in [1.29, 1.82) is 0 Å². The number of aliphatic carboxylic acids is 1. The van der Waals surface area contributed by atoms with Gasteiger partial charge in [-0.3, -0.25) is 9.69 Å². The fourth-order valence-corrected chi connectivity index (χ4v) is 2.13. The summed E-state index contributed by atoms with van der Waals surface area (Å²) in [5.41, 5.74) is 0.334. The van der Waals surface area contributed by atoms with E-state index in [1.807, 2.05) is 6.92 Å². The molecule has 2 atom stereocenters. The number of rotatable bonds is 3. The molecule has 1 N–H and O–H groups in total. The van der Waals surface area contributed by atoms with E-state index < -0.39 is 5.97 Å². The highest BCUT2D eigenvalue weighted by Crippen LogP contribution is 2.27. The van der Waals surface area contributed by atoms with Gasteiger partial charge in [-0.05, 0) is 38.3 Å². The molecule has 0 radical (unpaired) electrons. The fourth-order valence-electron chi connectivity index (χ4n) is 2.13. The van der Waals surface area contributed by atoms with Gasteiger partial charge >= 0.3 is 5.97 Å². The van der Waals surface area contributed by atoms with Gasteiger partial charge in [0.25, 0.3) is 0 Å². The van der Waals surface area contributed by atoms with Crippen molar-refractivity contribution >= 4 is 5.97 Å². The van der Waals surface area contributed by atoms with Crippen molar-refractivity contribution in [3.8, 4) is 0 Å². The zero-order valence-corrected chi connectivity index (χ0v) is 10.3. The number of carboxylic acids is 1. The van der Waals surface area contributed by atoms with E-state index in [0.29, 0.717) is 5.41 Å². The summed E-state index contributed by atoms with van der Waals surface area (Å²) in [5, 5.41) is 9.00. The molecular weight excluding hydrogens is 190 g/mol. The van der Waals surface area contributed by atoms with Gasteiger partial charge in [0.05, 0.1) is 5.92 Å². The van der Waals surface area contributed by atoms with E-state index in [1.54, 1.807) is 0 Å². The van der Waals surface area contributed by atoms with Crippen molar-refractivity contribution in [3.63, 3.8) is 0 Å². The molecule has 0 aliphatic carbocycles. The van der Waals surface area contributed by atoms with Crippen molar-refractivity contribution in [2.75, 3.05) is 13.1 Å². The molecule has 15 heavy (non-hydrogen) atoms. The van der Waals surface area contributed by atoms with Gasteiger partial charge < -0.3 is 5.11 Å². The number of carboxylic acid groups (broad SMARTS) is 1. The van der Waals surface area contributed by atoms with Crippen LogP contribution < -0.4 is 0 Å². The van der Waals surface area contributed by atoms with Crippen molar-refractivity contribution in [3.05, 3.63) is 0 Å². The molecule has 0 saturated carbocycles. The van der Waals surface area contributed by atoms with Gasteiger partial charge in [0.1, 0.15) is 0 Å². The van der Waals surface area contributed by atoms with Gasteiger partial charge in [-0.2, -0.15) is 0 Å². The number of likely N-dealkylation sites (tertiary alicyclic amines) is 1. The minimum atomic E-state index is -0.638. The maximum atomic E-state index is 10.9. The van der Waals surface area contributed by atoms with Crippen LogP contribution >= 0.6 is 0 Å². The molecule has 3 nitrogen and oxygen atoms in total. The van der Waals surface area contributed by atoms with Crippen LogP contribution in [0.25, 0.3) is 0 Å². The molecule has 0 bridgehead atoms. The Balaban J connectivity index is 2.43. The first kappa shape index (κ1) is 12.5. The highest BCUT2D eigenvalue weighted by Gasteiger charge is 2.35. The molecule has 0 aromatic carbocycles. The van der Waals surface area contributed by atoms with Crippen LogP contribution in [0.15, 0.2) is 0 Å². The van der Waals surface area contributed by atoms with Crippen molar-refractivity contribution < 1.29 is 9.90 Å². The third-order valence-corrected chi connectivity index (χ3v) is 3.35. The Morgan fingerprint density at radius 2 is 2.07 bits per heavy atom. The molecule has 0 amide bonds. The molecule has 1 aliphatic heterocycles. The number of carbonyl (C=O) groups is 1. The van der Waals surface area contributed by atoms with Crippen LogP contribution in [0.2, 0.25) is 0 Å². The average Bonchev–Trinajstić information content (AvgIpc) is 2.42. The van der Waals surface area contributed by atoms with Crippen LogP contribution in [0.5, 0.6) is 0 Å². The highest BCUT2D eigenvalue weighted by atomic mass is 16.4. The van der Waals surface area contributed by atoms with Gasteiger partial charge in [-0.1, -0.05) is 20.8 Å². The molecule has 2 unspecified atom stereocenters. The molecule has 1 saturated heterocycles. The number of hydrogen-bond donors (Lipinski definition) is 1. The van der Waals surface area contributed by atoms with Gasteiger partial charge in [0, 0.05) is 6.04 Å². The van der Waals surface area contributed by atoms with E-state index in [2.05, 4.69) is 25.7 Å². The van der Waals surface area contributed by atoms with Crippen molar-refractivity contribution in [2.24, 2.45) is 11.3 Å². The summed E-state index contributed by atoms with van der Waals surface area (Å²) in [6.45, 7) is 10.7. The highest BCUT2D eigenvalue weighted by molar-refractivity contribution is 5.71. The Morgan fingerprint density at radius 1 is 1.47 bits per heavy atom. The fraction of sp³-hybridized carbons (Fsp3) is 0.917. The van der Waals surface area contributed by atoms with E-state index in [9.17, 15) is 4.79 Å². The molecule has 0 spiro atoms. The van der Waals surface area contributed by atoms with Crippen LogP contribution in [-0.4, -0.2) is 35.1 Å². The van der Waals surface area contributed by atoms with Crippen LogP contribution in [0.3, 0.4) is 0 Å². The van der Waals surface area contributed by atoms with Crippen molar-refractivity contribution in [2.45, 2.75) is 46.6 Å². The Kier molecular flexibility index (Phi) is 3.77. The van der Waals surface area contributed by atoms with E-state index in [4.69, 9.17) is 5.11 Å². The lowest BCUT2D eigenvalue weighted by Gasteiger charge is -2.27. The van der Waals surface area contributed by atoms with Crippen LogP contribution in [0.1, 0.15) is 40.5 Å². The predicted molar refractivity (Wildman–Crippen MR) is 60.8 cm³/mol. The first-order chi connectivity index (χ1) is 6.81. The zero-order valence-electron chi connectivity index (χ0n) is 10.3. The SMILES string of the molecule is CC1C(C(=O)O)CCN1CCC(C)(C)C. The third-order valence-electron chi connectivity index (χ3n) is 3.35. The van der Waals surface area contributed by atoms with Crippen molar-refractivity contribution in [1.82, 2.24) is 4.90 Å². The second-order valence-corrected chi connectivity index (χ2v) is 5.82. The molecule has 1 rings (SSSR count). The average molecular weight is 213 g/mol. The summed E-state index contributed by atoms with van der Waals surface area (Å²) in [7, 11) is 0. The largest absolute Gasteiger partial charge is 0.481 e. The molecule has 0 aromatic heterocycles. The Bertz CT molecular complexity index is 232. The summed E-state index contributed by atoms with van der Waals surface area (Å²) in [6, 6.07) is 0.199. The molecular formula is C12H23NO2. The van der Waals surface area contributed by atoms with Crippen LogP contribution in [-0.2, 0) is 4.79 Å². The minimum absolute atomic E-state index is 0.162. The van der Waals surface area contributed by atoms with Crippen LogP contribution in [0, 0.1) is 11.3 Å². The normalized spacial score (nSPS) is 28.3. The first-order valence-corrected chi connectivity index (χ1v) is 5.78. The maximum Gasteiger partial charge on any atom is 0.308 e. The second-order valence-electron chi connectivity index (χ2n) is 5.82. The summed E-state index contributed by atoms with van der Waals surface area (Å²) in [6.07, 6.45) is 1.93. The third kappa shape index (κ3) is 3.49. The monoisotopic (exact) mass is 213 g/mol. The molecule has 88 valence electrons. The standard InChI is InChI=1S/C12H23NO2/c1-9-10(11(14)15)5-7-13(9)8-6-12(2,3)4/h9-10H,5-8H2,1-4H3,(H,14,15). The van der Waals surface area contributed by atoms with E-state index in [0.717, 1.165) is 25.9 Å². The minimum Gasteiger partial charge on any atom is -0.481 e. The first-order valence-electron chi connectivity index (χ1n) is 5.78. The lowest BCUT2D eigenvalue weighted by molar-refractivity contribution is -0.142.